The number of fused-ring (bicyclic) bond motifs is 5. The van der Waals surface area contributed by atoms with Crippen LogP contribution in [-0.4, -0.2) is 35.7 Å². The van der Waals surface area contributed by atoms with Crippen molar-refractivity contribution >= 4 is 11.8 Å². The molecular weight excluding hydrogens is 526 g/mol. The summed E-state index contributed by atoms with van der Waals surface area (Å²) in [6, 6.07) is 0. The summed E-state index contributed by atoms with van der Waals surface area (Å²) >= 11 is 0. The number of nitrogens with zero attached hydrogens (tertiary/aromatic N) is 3. The van der Waals surface area contributed by atoms with Crippen LogP contribution in [0.25, 0.3) is 10.4 Å². The van der Waals surface area contributed by atoms with Gasteiger partial charge in [-0.3, -0.25) is 9.59 Å². The third kappa shape index (κ3) is 7.17. The maximum atomic E-state index is 12.5. The van der Waals surface area contributed by atoms with E-state index in [1.54, 1.807) is 6.08 Å². The Kier molecular flexibility index (Phi) is 11.1. The Bertz CT molecular complexity index is 1080. The second kappa shape index (κ2) is 14.3. The lowest BCUT2D eigenvalue weighted by Crippen LogP contribution is -2.54. The smallest absolute Gasteiger partial charge is 0.245 e. The van der Waals surface area contributed by atoms with Gasteiger partial charge >= 0.3 is 0 Å². The second-order valence-electron chi connectivity index (χ2n) is 14.4. The van der Waals surface area contributed by atoms with E-state index in [4.69, 9.17) is 12.0 Å². The van der Waals surface area contributed by atoms with Gasteiger partial charge in [-0.25, -0.2) is 0 Å². The van der Waals surface area contributed by atoms with Crippen molar-refractivity contribution in [3.8, 4) is 12.3 Å². The lowest BCUT2D eigenvalue weighted by molar-refractivity contribution is -0.129. The Morgan fingerprint density at radius 1 is 1.12 bits per heavy atom. The van der Waals surface area contributed by atoms with Gasteiger partial charge in [0.25, 0.3) is 0 Å². The average Bonchev–Trinajstić information content (AvgIpc) is 3.31. The van der Waals surface area contributed by atoms with Crippen molar-refractivity contribution in [1.82, 2.24) is 10.6 Å². The van der Waals surface area contributed by atoms with Gasteiger partial charge in [-0.2, -0.15) is 0 Å². The zero-order valence-corrected chi connectivity index (χ0v) is 26.1. The van der Waals surface area contributed by atoms with E-state index in [9.17, 15) is 14.7 Å². The minimum Gasteiger partial charge on any atom is -0.393 e. The van der Waals surface area contributed by atoms with Crippen LogP contribution in [0.3, 0.4) is 0 Å². The van der Waals surface area contributed by atoms with Crippen LogP contribution in [0.5, 0.6) is 0 Å². The molecule has 0 saturated heterocycles. The SMILES string of the molecule is C#CCC(NC(=O)/C=C/CC[C@@H](C)[C@H]1CC[C@H]2[C@@H]3CC[C@@H]4C[C@H](O)CC[C@]4(C)[C@H]3CC[C@]12C)NC(=O)CCCN=[N+]=[N-]. The normalized spacial score (nSPS) is 36.8. The fourth-order valence-corrected chi connectivity index (χ4v) is 10.1. The highest BCUT2D eigenvalue weighted by Gasteiger charge is 2.60. The summed E-state index contributed by atoms with van der Waals surface area (Å²) in [6.45, 7) is 7.84. The lowest BCUT2D eigenvalue weighted by atomic mass is 9.44. The number of allylic oxidation sites excluding steroid dienone is 1. The zero-order chi connectivity index (χ0) is 30.3. The number of terminal acetylenes is 1. The molecule has 0 bridgehead atoms. The Labute approximate surface area is 252 Å². The van der Waals surface area contributed by atoms with Crippen molar-refractivity contribution < 1.29 is 14.7 Å². The standard InChI is InChI=1S/C34H53N5O3/c1-5-9-30(38-32(42)12-8-21-36-39-35)37-31(41)11-7-6-10-23(2)27-15-16-28-26-14-13-24-22-25(40)17-19-33(24,3)29(26)18-20-34(27,28)4/h1,7,11,23-30,40H,6,8-10,12-22H2,2-4H3,(H,37,41)(H,38,42)/b11-7+/t23-,24-,25-,26+,27-,28+,29+,30?,33+,34-/m1/s1. The molecule has 8 nitrogen and oxygen atoms in total. The van der Waals surface area contributed by atoms with Crippen LogP contribution in [0.4, 0.5) is 0 Å². The van der Waals surface area contributed by atoms with E-state index in [0.717, 1.165) is 49.4 Å². The largest absolute Gasteiger partial charge is 0.393 e. The summed E-state index contributed by atoms with van der Waals surface area (Å²) in [5.41, 5.74) is 9.18. The van der Waals surface area contributed by atoms with E-state index in [0.29, 0.717) is 29.1 Å². The molecule has 0 aromatic rings. The molecule has 4 aliphatic rings. The number of carbonyl (C=O) groups is 2. The van der Waals surface area contributed by atoms with Crippen LogP contribution in [0.2, 0.25) is 0 Å². The van der Waals surface area contributed by atoms with Crippen LogP contribution < -0.4 is 10.6 Å². The molecule has 2 amide bonds. The first-order valence-electron chi connectivity index (χ1n) is 16.5. The minimum atomic E-state index is -0.625. The van der Waals surface area contributed by atoms with Gasteiger partial charge in [0.2, 0.25) is 11.8 Å². The van der Waals surface area contributed by atoms with Gasteiger partial charge in [0.15, 0.2) is 0 Å². The van der Waals surface area contributed by atoms with E-state index in [-0.39, 0.29) is 37.3 Å². The number of hydrogen-bond acceptors (Lipinski definition) is 4. The Morgan fingerprint density at radius 3 is 2.64 bits per heavy atom. The minimum absolute atomic E-state index is 0.0807. The predicted molar refractivity (Wildman–Crippen MR) is 166 cm³/mol. The Balaban J connectivity index is 1.25. The van der Waals surface area contributed by atoms with E-state index < -0.39 is 6.17 Å². The van der Waals surface area contributed by atoms with Gasteiger partial charge in [-0.1, -0.05) is 32.0 Å². The van der Waals surface area contributed by atoms with Crippen molar-refractivity contribution in [2.45, 2.75) is 123 Å². The number of aliphatic hydroxyl groups is 1. The average molecular weight is 580 g/mol. The quantitative estimate of drug-likeness (QED) is 0.0455. The highest BCUT2D eigenvalue weighted by molar-refractivity contribution is 5.88. The molecule has 0 aromatic carbocycles. The summed E-state index contributed by atoms with van der Waals surface area (Å²) in [5.74, 6) is 6.57. The van der Waals surface area contributed by atoms with Gasteiger partial charge in [0, 0.05) is 24.3 Å². The van der Waals surface area contributed by atoms with E-state index >= 15 is 0 Å². The number of nitrogens with one attached hydrogen (secondary N) is 2. The molecule has 4 fully saturated rings. The molecular formula is C34H53N5O3. The summed E-state index contributed by atoms with van der Waals surface area (Å²) in [6.07, 6.45) is 22.3. The van der Waals surface area contributed by atoms with Crippen molar-refractivity contribution in [3.63, 3.8) is 0 Å². The number of rotatable bonds is 12. The predicted octanol–water partition coefficient (Wildman–Crippen LogP) is 6.65. The van der Waals surface area contributed by atoms with Gasteiger partial charge < -0.3 is 15.7 Å². The number of hydrogen-bond donors (Lipinski definition) is 3. The summed E-state index contributed by atoms with van der Waals surface area (Å²) in [7, 11) is 0. The molecule has 0 spiro atoms. The molecule has 8 heteroatoms. The van der Waals surface area contributed by atoms with Crippen LogP contribution >= 0.6 is 0 Å². The molecule has 4 rings (SSSR count). The molecule has 0 heterocycles. The second-order valence-corrected chi connectivity index (χ2v) is 14.4. The topological polar surface area (TPSA) is 127 Å². The lowest BCUT2D eigenvalue weighted by Gasteiger charge is -2.61. The van der Waals surface area contributed by atoms with E-state index in [1.165, 1.54) is 44.9 Å². The third-order valence-corrected chi connectivity index (χ3v) is 12.2. The third-order valence-electron chi connectivity index (χ3n) is 12.2. The number of azide groups is 1. The summed E-state index contributed by atoms with van der Waals surface area (Å²) in [4.78, 5) is 27.4. The highest BCUT2D eigenvalue weighted by atomic mass is 16.3. The van der Waals surface area contributed by atoms with E-state index in [1.807, 2.05) is 6.08 Å². The number of carbonyl (C=O) groups excluding carboxylic acids is 2. The van der Waals surface area contributed by atoms with Gasteiger partial charge in [0.1, 0.15) is 6.17 Å². The molecule has 4 aliphatic carbocycles. The van der Waals surface area contributed by atoms with Crippen LogP contribution in [0.15, 0.2) is 17.3 Å². The highest BCUT2D eigenvalue weighted by Crippen LogP contribution is 2.68. The molecule has 3 N–H and O–H groups in total. The summed E-state index contributed by atoms with van der Waals surface area (Å²) in [5, 5.41) is 19.3. The molecule has 0 aliphatic heterocycles. The van der Waals surface area contributed by atoms with Crippen molar-refractivity contribution in [1.29, 1.82) is 0 Å². The van der Waals surface area contributed by atoms with Crippen LogP contribution in [0, 0.1) is 58.7 Å². The van der Waals surface area contributed by atoms with Gasteiger partial charge in [0.05, 0.1) is 6.10 Å². The molecule has 42 heavy (non-hydrogen) atoms. The monoisotopic (exact) mass is 579 g/mol. The number of aliphatic hydroxyl groups excluding tert-OH is 1. The van der Waals surface area contributed by atoms with Crippen molar-refractivity contribution in [3.05, 3.63) is 22.6 Å². The maximum absolute atomic E-state index is 12.5. The summed E-state index contributed by atoms with van der Waals surface area (Å²) < 4.78 is 0. The van der Waals surface area contributed by atoms with Gasteiger partial charge in [-0.15, -0.1) is 12.3 Å². The van der Waals surface area contributed by atoms with E-state index in [2.05, 4.69) is 47.4 Å². The molecule has 10 atom stereocenters. The first-order valence-corrected chi connectivity index (χ1v) is 16.5. The van der Waals surface area contributed by atoms with Crippen LogP contribution in [-0.2, 0) is 9.59 Å². The van der Waals surface area contributed by atoms with Crippen molar-refractivity contribution in [2.75, 3.05) is 6.54 Å². The molecule has 4 saturated carbocycles. The molecule has 0 radical (unpaired) electrons. The first kappa shape index (κ1) is 32.4. The molecule has 0 aromatic heterocycles. The van der Waals surface area contributed by atoms with Crippen LogP contribution in [0.1, 0.15) is 111 Å². The maximum Gasteiger partial charge on any atom is 0.245 e. The fraction of sp³-hybridized carbons (Fsp3) is 0.824. The first-order chi connectivity index (χ1) is 20.1. The fourth-order valence-electron chi connectivity index (χ4n) is 10.1. The van der Waals surface area contributed by atoms with Crippen molar-refractivity contribution in [2.24, 2.45) is 51.5 Å². The Morgan fingerprint density at radius 2 is 1.88 bits per heavy atom. The Hall–Kier alpha value is -2.49. The molecule has 1 unspecified atom stereocenters. The zero-order valence-electron chi connectivity index (χ0n) is 26.1. The molecule has 232 valence electrons. The number of amides is 2. The van der Waals surface area contributed by atoms with Gasteiger partial charge in [-0.05, 0) is 135 Å².